The number of para-hydroxylation sites is 1. The van der Waals surface area contributed by atoms with Crippen LogP contribution in [-0.2, 0) is 14.3 Å². The van der Waals surface area contributed by atoms with E-state index in [9.17, 15) is 9.59 Å². The number of benzene rings is 2. The van der Waals surface area contributed by atoms with Crippen LogP contribution in [0.25, 0.3) is 0 Å². The lowest BCUT2D eigenvalue weighted by Gasteiger charge is -2.30. The first kappa shape index (κ1) is 16.7. The van der Waals surface area contributed by atoms with Crippen LogP contribution in [0.5, 0.6) is 0 Å². The van der Waals surface area contributed by atoms with Gasteiger partial charge in [-0.2, -0.15) is 5.01 Å². The molecule has 2 amide bonds. The lowest BCUT2D eigenvalue weighted by Crippen LogP contribution is -2.46. The van der Waals surface area contributed by atoms with E-state index in [2.05, 4.69) is 10.4 Å². The van der Waals surface area contributed by atoms with Crippen molar-refractivity contribution in [2.75, 3.05) is 5.32 Å². The molecule has 0 aliphatic carbocycles. The summed E-state index contributed by atoms with van der Waals surface area (Å²) < 4.78 is 5.91. The number of hydrogen-bond donors (Lipinski definition) is 1. The van der Waals surface area contributed by atoms with E-state index in [4.69, 9.17) is 4.74 Å². The molecule has 1 aliphatic rings. The molecule has 0 saturated heterocycles. The molecule has 1 atom stereocenters. The van der Waals surface area contributed by atoms with Crippen LogP contribution in [0.3, 0.4) is 0 Å². The predicted molar refractivity (Wildman–Crippen MR) is 94.7 cm³/mol. The SMILES string of the molecule is CC(=O)N1N=C(c2ccccc2)O[C@@]1(C)CC(=O)Nc1ccccc1. The molecule has 1 aliphatic heterocycles. The van der Waals surface area contributed by atoms with Crippen molar-refractivity contribution in [1.82, 2.24) is 5.01 Å². The Balaban J connectivity index is 1.77. The van der Waals surface area contributed by atoms with Crippen molar-refractivity contribution in [2.24, 2.45) is 5.10 Å². The number of carbonyl (C=O) groups excluding carboxylic acids is 2. The maximum atomic E-state index is 12.4. The average Bonchev–Trinajstić information content (AvgIpc) is 2.94. The van der Waals surface area contributed by atoms with Crippen LogP contribution in [0.4, 0.5) is 5.69 Å². The molecule has 6 nitrogen and oxygen atoms in total. The zero-order valence-corrected chi connectivity index (χ0v) is 14.1. The Bertz CT molecular complexity index is 805. The van der Waals surface area contributed by atoms with Gasteiger partial charge in [-0.25, -0.2) is 0 Å². The first-order valence-corrected chi connectivity index (χ1v) is 7.97. The van der Waals surface area contributed by atoms with Crippen molar-refractivity contribution < 1.29 is 14.3 Å². The van der Waals surface area contributed by atoms with E-state index in [0.29, 0.717) is 11.6 Å². The Morgan fingerprint density at radius 3 is 2.28 bits per heavy atom. The monoisotopic (exact) mass is 337 g/mol. The van der Waals surface area contributed by atoms with Crippen LogP contribution in [0.2, 0.25) is 0 Å². The van der Waals surface area contributed by atoms with Crippen LogP contribution in [0.15, 0.2) is 65.8 Å². The molecule has 2 aromatic carbocycles. The maximum absolute atomic E-state index is 12.4. The Morgan fingerprint density at radius 2 is 1.68 bits per heavy atom. The van der Waals surface area contributed by atoms with Gasteiger partial charge in [-0.15, -0.1) is 5.10 Å². The molecule has 0 spiro atoms. The molecule has 0 saturated carbocycles. The fraction of sp³-hybridized carbons (Fsp3) is 0.211. The van der Waals surface area contributed by atoms with Crippen molar-refractivity contribution in [3.8, 4) is 0 Å². The molecule has 6 heteroatoms. The lowest BCUT2D eigenvalue weighted by molar-refractivity contribution is -0.147. The van der Waals surface area contributed by atoms with E-state index in [1.54, 1.807) is 19.1 Å². The fourth-order valence-corrected chi connectivity index (χ4v) is 2.70. The number of hydrazone groups is 1. The van der Waals surface area contributed by atoms with Gasteiger partial charge in [-0.1, -0.05) is 36.4 Å². The molecule has 128 valence electrons. The Kier molecular flexibility index (Phi) is 4.52. The second-order valence-electron chi connectivity index (χ2n) is 5.97. The number of nitrogens with zero attached hydrogens (tertiary/aromatic N) is 2. The van der Waals surface area contributed by atoms with Crippen LogP contribution < -0.4 is 5.32 Å². The van der Waals surface area contributed by atoms with Crippen LogP contribution in [0.1, 0.15) is 25.8 Å². The van der Waals surface area contributed by atoms with Gasteiger partial charge in [0.05, 0.1) is 6.42 Å². The second kappa shape index (κ2) is 6.76. The molecule has 0 aromatic heterocycles. The summed E-state index contributed by atoms with van der Waals surface area (Å²) in [6.45, 7) is 3.08. The van der Waals surface area contributed by atoms with Gasteiger partial charge in [0, 0.05) is 18.2 Å². The topological polar surface area (TPSA) is 71.0 Å². The molecule has 0 unspecified atom stereocenters. The van der Waals surface area contributed by atoms with E-state index in [0.717, 1.165) is 5.56 Å². The van der Waals surface area contributed by atoms with Crippen molar-refractivity contribution in [1.29, 1.82) is 0 Å². The average molecular weight is 337 g/mol. The minimum Gasteiger partial charge on any atom is -0.447 e. The maximum Gasteiger partial charge on any atom is 0.243 e. The zero-order chi connectivity index (χ0) is 17.9. The van der Waals surface area contributed by atoms with Gasteiger partial charge in [0.2, 0.25) is 23.4 Å². The molecular weight excluding hydrogens is 318 g/mol. The summed E-state index contributed by atoms with van der Waals surface area (Å²) >= 11 is 0. The van der Waals surface area contributed by atoms with Gasteiger partial charge in [-0.3, -0.25) is 9.59 Å². The number of carbonyl (C=O) groups is 2. The summed E-state index contributed by atoms with van der Waals surface area (Å²) in [6, 6.07) is 18.4. The molecule has 1 heterocycles. The summed E-state index contributed by atoms with van der Waals surface area (Å²) in [5, 5.41) is 8.29. The molecule has 25 heavy (non-hydrogen) atoms. The van der Waals surface area contributed by atoms with E-state index in [1.165, 1.54) is 11.9 Å². The number of anilines is 1. The number of hydrogen-bond acceptors (Lipinski definition) is 4. The van der Waals surface area contributed by atoms with E-state index < -0.39 is 5.72 Å². The zero-order valence-electron chi connectivity index (χ0n) is 14.1. The fourth-order valence-electron chi connectivity index (χ4n) is 2.70. The van der Waals surface area contributed by atoms with Crippen LogP contribution >= 0.6 is 0 Å². The van der Waals surface area contributed by atoms with Gasteiger partial charge < -0.3 is 10.1 Å². The number of nitrogens with one attached hydrogen (secondary N) is 1. The highest BCUT2D eigenvalue weighted by Crippen LogP contribution is 2.30. The molecule has 0 bridgehead atoms. The Labute approximate surface area is 146 Å². The molecular formula is C19H19N3O3. The van der Waals surface area contributed by atoms with Gasteiger partial charge in [0.25, 0.3) is 0 Å². The second-order valence-corrected chi connectivity index (χ2v) is 5.97. The van der Waals surface area contributed by atoms with Gasteiger partial charge in [0.1, 0.15) is 0 Å². The van der Waals surface area contributed by atoms with E-state index in [1.807, 2.05) is 48.5 Å². The highest BCUT2D eigenvalue weighted by atomic mass is 16.6. The molecule has 0 radical (unpaired) electrons. The molecule has 1 N–H and O–H groups in total. The normalized spacial score (nSPS) is 19.1. The van der Waals surface area contributed by atoms with Crippen LogP contribution in [-0.4, -0.2) is 28.4 Å². The van der Waals surface area contributed by atoms with Gasteiger partial charge in [0.15, 0.2) is 0 Å². The third-order valence-corrected chi connectivity index (χ3v) is 3.82. The number of amides is 2. The van der Waals surface area contributed by atoms with Crippen molar-refractivity contribution in [3.63, 3.8) is 0 Å². The van der Waals surface area contributed by atoms with Crippen LogP contribution in [0, 0.1) is 0 Å². The van der Waals surface area contributed by atoms with Gasteiger partial charge >= 0.3 is 0 Å². The largest absolute Gasteiger partial charge is 0.447 e. The quantitative estimate of drug-likeness (QED) is 0.932. The summed E-state index contributed by atoms with van der Waals surface area (Å²) in [7, 11) is 0. The smallest absolute Gasteiger partial charge is 0.243 e. The highest BCUT2D eigenvalue weighted by Gasteiger charge is 2.44. The third kappa shape index (κ3) is 3.68. The van der Waals surface area contributed by atoms with E-state index in [-0.39, 0.29) is 18.2 Å². The summed E-state index contributed by atoms with van der Waals surface area (Å²) in [4.78, 5) is 24.4. The minimum atomic E-state index is -1.17. The van der Waals surface area contributed by atoms with Gasteiger partial charge in [-0.05, 0) is 31.2 Å². The number of ether oxygens (including phenoxy) is 1. The Morgan fingerprint density at radius 1 is 1.08 bits per heavy atom. The van der Waals surface area contributed by atoms with Crippen molar-refractivity contribution in [2.45, 2.75) is 26.0 Å². The molecule has 0 fully saturated rings. The summed E-state index contributed by atoms with van der Waals surface area (Å²) in [5.74, 6) is -0.226. The lowest BCUT2D eigenvalue weighted by atomic mass is 10.1. The third-order valence-electron chi connectivity index (χ3n) is 3.82. The highest BCUT2D eigenvalue weighted by molar-refractivity contribution is 5.98. The van der Waals surface area contributed by atoms with Crippen molar-refractivity contribution in [3.05, 3.63) is 66.2 Å². The van der Waals surface area contributed by atoms with E-state index >= 15 is 0 Å². The van der Waals surface area contributed by atoms with Crippen molar-refractivity contribution >= 4 is 23.4 Å². The summed E-state index contributed by atoms with van der Waals surface area (Å²) in [5.41, 5.74) is 0.268. The predicted octanol–water partition coefficient (Wildman–Crippen LogP) is 2.97. The number of rotatable bonds is 4. The standard InChI is InChI=1S/C19H19N3O3/c1-14(23)22-19(2,13-17(24)20-16-11-7-4-8-12-16)25-18(21-22)15-9-5-3-6-10-15/h3-12H,13H2,1-2H3,(H,20,24)/t19-/m0/s1. The minimum absolute atomic E-state index is 0.0404. The molecule has 3 rings (SSSR count). The summed E-state index contributed by atoms with van der Waals surface area (Å²) in [6.07, 6.45) is -0.0404. The first-order chi connectivity index (χ1) is 12.0. The Hall–Kier alpha value is -3.15. The molecule has 2 aromatic rings. The first-order valence-electron chi connectivity index (χ1n) is 7.97.